The lowest BCUT2D eigenvalue weighted by atomic mass is 10.2. The van der Waals surface area contributed by atoms with Crippen LogP contribution in [0.15, 0.2) is 28.7 Å². The van der Waals surface area contributed by atoms with Crippen molar-refractivity contribution >= 4 is 21.6 Å². The molecule has 0 aliphatic carbocycles. The first-order valence-corrected chi connectivity index (χ1v) is 7.52. The van der Waals surface area contributed by atoms with Crippen LogP contribution in [0.4, 0.5) is 5.69 Å². The van der Waals surface area contributed by atoms with Gasteiger partial charge in [0, 0.05) is 35.8 Å². The van der Waals surface area contributed by atoms with Gasteiger partial charge in [-0.1, -0.05) is 26.0 Å². The average molecular weight is 313 g/mol. The molecule has 0 saturated heterocycles. The molecule has 0 aliphatic heterocycles. The Morgan fingerprint density at radius 2 is 1.83 bits per heavy atom. The Morgan fingerprint density at radius 1 is 1.17 bits per heavy atom. The second-order valence-corrected chi connectivity index (χ2v) is 6.24. The Kier molecular flexibility index (Phi) is 6.72. The van der Waals surface area contributed by atoms with Crippen LogP contribution in [-0.4, -0.2) is 30.6 Å². The third-order valence-corrected chi connectivity index (χ3v) is 3.61. The first kappa shape index (κ1) is 15.5. The zero-order valence-corrected chi connectivity index (χ0v) is 13.5. The Balaban J connectivity index is 2.41. The zero-order chi connectivity index (χ0) is 13.5. The molecule has 0 amide bonds. The van der Waals surface area contributed by atoms with E-state index in [2.05, 4.69) is 72.0 Å². The molecule has 1 aromatic rings. The predicted molar refractivity (Wildman–Crippen MR) is 84.2 cm³/mol. The highest BCUT2D eigenvalue weighted by atomic mass is 79.9. The quantitative estimate of drug-likeness (QED) is 0.810. The van der Waals surface area contributed by atoms with Crippen molar-refractivity contribution in [3.8, 4) is 0 Å². The monoisotopic (exact) mass is 312 g/mol. The van der Waals surface area contributed by atoms with Gasteiger partial charge in [0.25, 0.3) is 0 Å². The van der Waals surface area contributed by atoms with Crippen molar-refractivity contribution < 1.29 is 0 Å². The molecule has 0 saturated carbocycles. The molecule has 1 aromatic carbocycles. The van der Waals surface area contributed by atoms with Crippen molar-refractivity contribution in [1.82, 2.24) is 4.90 Å². The minimum absolute atomic E-state index is 0.605. The second-order valence-electron chi connectivity index (χ2n) is 5.39. The van der Waals surface area contributed by atoms with Gasteiger partial charge < -0.3 is 5.32 Å². The standard InChI is InChI=1S/C15H25BrN2/c1-12(2)11-18(13(3)4)10-9-17-15-8-6-5-7-14(15)16/h5-8,12-13,17H,9-11H2,1-4H3. The van der Waals surface area contributed by atoms with E-state index in [0.717, 1.165) is 30.0 Å². The largest absolute Gasteiger partial charge is 0.383 e. The van der Waals surface area contributed by atoms with Crippen LogP contribution in [0.25, 0.3) is 0 Å². The van der Waals surface area contributed by atoms with Crippen LogP contribution in [0.1, 0.15) is 27.7 Å². The maximum Gasteiger partial charge on any atom is 0.0485 e. The van der Waals surface area contributed by atoms with E-state index < -0.39 is 0 Å². The molecule has 1 N–H and O–H groups in total. The number of hydrogen-bond acceptors (Lipinski definition) is 2. The van der Waals surface area contributed by atoms with Crippen molar-refractivity contribution in [3.05, 3.63) is 28.7 Å². The minimum Gasteiger partial charge on any atom is -0.383 e. The second kappa shape index (κ2) is 7.80. The predicted octanol–water partition coefficient (Wildman–Crippen LogP) is 4.23. The van der Waals surface area contributed by atoms with E-state index in [1.807, 2.05) is 6.07 Å². The molecule has 0 unspecified atom stereocenters. The molecule has 2 nitrogen and oxygen atoms in total. The van der Waals surface area contributed by atoms with Crippen molar-refractivity contribution in [1.29, 1.82) is 0 Å². The van der Waals surface area contributed by atoms with Gasteiger partial charge >= 0.3 is 0 Å². The molecule has 0 atom stereocenters. The minimum atomic E-state index is 0.605. The topological polar surface area (TPSA) is 15.3 Å². The van der Waals surface area contributed by atoms with Crippen LogP contribution in [0, 0.1) is 5.92 Å². The summed E-state index contributed by atoms with van der Waals surface area (Å²) in [5, 5.41) is 3.48. The smallest absolute Gasteiger partial charge is 0.0485 e. The van der Waals surface area contributed by atoms with Gasteiger partial charge in [-0.2, -0.15) is 0 Å². The van der Waals surface area contributed by atoms with Gasteiger partial charge in [0.1, 0.15) is 0 Å². The molecule has 0 aromatic heterocycles. The summed E-state index contributed by atoms with van der Waals surface area (Å²) >= 11 is 3.56. The summed E-state index contributed by atoms with van der Waals surface area (Å²) in [7, 11) is 0. The molecule has 0 radical (unpaired) electrons. The van der Waals surface area contributed by atoms with Crippen molar-refractivity contribution in [2.75, 3.05) is 25.0 Å². The fourth-order valence-electron chi connectivity index (χ4n) is 1.97. The third kappa shape index (κ3) is 5.40. The average Bonchev–Trinajstić information content (AvgIpc) is 2.29. The van der Waals surface area contributed by atoms with Crippen LogP contribution in [0.2, 0.25) is 0 Å². The molecule has 0 aliphatic rings. The Morgan fingerprint density at radius 3 is 2.39 bits per heavy atom. The SMILES string of the molecule is CC(C)CN(CCNc1ccccc1Br)C(C)C. The first-order valence-electron chi connectivity index (χ1n) is 6.73. The lowest BCUT2D eigenvalue weighted by molar-refractivity contribution is 0.205. The molecule has 0 heterocycles. The first-order chi connectivity index (χ1) is 8.50. The number of hydrogen-bond donors (Lipinski definition) is 1. The highest BCUT2D eigenvalue weighted by Gasteiger charge is 2.10. The number of halogens is 1. The van der Waals surface area contributed by atoms with Gasteiger partial charge in [0.05, 0.1) is 0 Å². The number of anilines is 1. The molecule has 102 valence electrons. The number of nitrogens with one attached hydrogen (secondary N) is 1. The molecule has 0 fully saturated rings. The maximum absolute atomic E-state index is 3.56. The lowest BCUT2D eigenvalue weighted by Crippen LogP contribution is -2.37. The summed E-state index contributed by atoms with van der Waals surface area (Å²) in [4.78, 5) is 2.52. The third-order valence-electron chi connectivity index (χ3n) is 2.92. The Hall–Kier alpha value is -0.540. The van der Waals surface area contributed by atoms with E-state index in [1.165, 1.54) is 5.69 Å². The van der Waals surface area contributed by atoms with Crippen LogP contribution in [0.3, 0.4) is 0 Å². The number of benzene rings is 1. The highest BCUT2D eigenvalue weighted by molar-refractivity contribution is 9.10. The molecule has 1 rings (SSSR count). The fraction of sp³-hybridized carbons (Fsp3) is 0.600. The molecule has 0 bridgehead atoms. The fourth-order valence-corrected chi connectivity index (χ4v) is 2.39. The van der Waals surface area contributed by atoms with Crippen LogP contribution >= 0.6 is 15.9 Å². The van der Waals surface area contributed by atoms with Gasteiger partial charge in [-0.05, 0) is 47.8 Å². The Labute approximate surface area is 120 Å². The zero-order valence-electron chi connectivity index (χ0n) is 11.9. The summed E-state index contributed by atoms with van der Waals surface area (Å²) in [6.07, 6.45) is 0. The van der Waals surface area contributed by atoms with Crippen LogP contribution in [0.5, 0.6) is 0 Å². The number of para-hydroxylation sites is 1. The van der Waals surface area contributed by atoms with E-state index >= 15 is 0 Å². The van der Waals surface area contributed by atoms with Crippen molar-refractivity contribution in [3.63, 3.8) is 0 Å². The van der Waals surface area contributed by atoms with Crippen molar-refractivity contribution in [2.24, 2.45) is 5.92 Å². The molecular formula is C15H25BrN2. The van der Waals surface area contributed by atoms with E-state index in [0.29, 0.717) is 6.04 Å². The normalized spacial score (nSPS) is 11.6. The van der Waals surface area contributed by atoms with Gasteiger partial charge in [0.15, 0.2) is 0 Å². The summed E-state index contributed by atoms with van der Waals surface area (Å²) in [5.41, 5.74) is 1.17. The van der Waals surface area contributed by atoms with Crippen LogP contribution < -0.4 is 5.32 Å². The lowest BCUT2D eigenvalue weighted by Gasteiger charge is -2.28. The van der Waals surface area contributed by atoms with Crippen molar-refractivity contribution in [2.45, 2.75) is 33.7 Å². The van der Waals surface area contributed by atoms with E-state index in [-0.39, 0.29) is 0 Å². The Bertz CT molecular complexity index is 350. The van der Waals surface area contributed by atoms with E-state index in [9.17, 15) is 0 Å². The highest BCUT2D eigenvalue weighted by Crippen LogP contribution is 2.20. The maximum atomic E-state index is 3.56. The van der Waals surface area contributed by atoms with Gasteiger partial charge in [-0.15, -0.1) is 0 Å². The van der Waals surface area contributed by atoms with Crippen LogP contribution in [-0.2, 0) is 0 Å². The number of rotatable bonds is 7. The van der Waals surface area contributed by atoms with E-state index in [4.69, 9.17) is 0 Å². The van der Waals surface area contributed by atoms with Gasteiger partial charge in [-0.3, -0.25) is 4.90 Å². The molecule has 18 heavy (non-hydrogen) atoms. The molecular weight excluding hydrogens is 288 g/mol. The molecule has 0 spiro atoms. The summed E-state index contributed by atoms with van der Waals surface area (Å²) in [5.74, 6) is 0.718. The summed E-state index contributed by atoms with van der Waals surface area (Å²) in [6, 6.07) is 8.87. The van der Waals surface area contributed by atoms with E-state index in [1.54, 1.807) is 0 Å². The van der Waals surface area contributed by atoms with Gasteiger partial charge in [-0.25, -0.2) is 0 Å². The number of nitrogens with zero attached hydrogens (tertiary/aromatic N) is 1. The molecule has 3 heteroatoms. The van der Waals surface area contributed by atoms with Gasteiger partial charge in [0.2, 0.25) is 0 Å². The summed E-state index contributed by atoms with van der Waals surface area (Å²) < 4.78 is 1.13. The summed E-state index contributed by atoms with van der Waals surface area (Å²) in [6.45, 7) is 12.3.